The smallest absolute Gasteiger partial charge is 0.255 e. The van der Waals surface area contributed by atoms with E-state index in [9.17, 15) is 4.79 Å². The second-order valence-corrected chi connectivity index (χ2v) is 5.45. The van der Waals surface area contributed by atoms with Crippen molar-refractivity contribution in [2.24, 2.45) is 0 Å². The fourth-order valence-corrected chi connectivity index (χ4v) is 2.73. The van der Waals surface area contributed by atoms with E-state index in [1.165, 1.54) is 0 Å². The van der Waals surface area contributed by atoms with E-state index in [-0.39, 0.29) is 5.91 Å². The zero-order chi connectivity index (χ0) is 13.8. The van der Waals surface area contributed by atoms with Gasteiger partial charge in [-0.15, -0.1) is 0 Å². The molecule has 0 aromatic heterocycles. The molecule has 0 saturated heterocycles. The molecule has 94 valence electrons. The maximum absolute atomic E-state index is 12.1. The Kier molecular flexibility index (Phi) is 4.35. The van der Waals surface area contributed by atoms with Gasteiger partial charge in [0.25, 0.3) is 5.91 Å². The van der Waals surface area contributed by atoms with Crippen LogP contribution in [0, 0.1) is 11.3 Å². The maximum atomic E-state index is 12.1. The summed E-state index contributed by atoms with van der Waals surface area (Å²) >= 11 is 6.76. The predicted molar refractivity (Wildman–Crippen MR) is 81.0 cm³/mol. The molecular formula is C14H8Br2N2O. The quantitative estimate of drug-likeness (QED) is 0.843. The molecule has 0 atom stereocenters. The second kappa shape index (κ2) is 6.00. The minimum absolute atomic E-state index is 0.260. The summed E-state index contributed by atoms with van der Waals surface area (Å²) in [4.78, 5) is 12.1. The van der Waals surface area contributed by atoms with Crippen LogP contribution in [0.1, 0.15) is 15.9 Å². The van der Waals surface area contributed by atoms with Gasteiger partial charge in [-0.25, -0.2) is 0 Å². The molecular weight excluding hydrogens is 372 g/mol. The van der Waals surface area contributed by atoms with Gasteiger partial charge in [0.15, 0.2) is 0 Å². The fraction of sp³-hybridized carbons (Fsp3) is 0. The van der Waals surface area contributed by atoms with Crippen LogP contribution in [0.4, 0.5) is 5.69 Å². The van der Waals surface area contributed by atoms with Crippen LogP contribution in [0.25, 0.3) is 0 Å². The third kappa shape index (κ3) is 3.22. The summed E-state index contributed by atoms with van der Waals surface area (Å²) in [6.07, 6.45) is 0. The molecule has 3 nitrogen and oxygen atoms in total. The standard InChI is InChI=1S/C14H8Br2N2O/c15-11-5-2-6-12(16)13(11)18-14(19)10-4-1-3-9(7-10)8-17/h1-7H,(H,18,19). The van der Waals surface area contributed by atoms with E-state index in [1.54, 1.807) is 24.3 Å². The lowest BCUT2D eigenvalue weighted by atomic mass is 10.1. The number of nitrogens with one attached hydrogen (secondary N) is 1. The molecule has 0 aliphatic rings. The Bertz CT molecular complexity index is 657. The van der Waals surface area contributed by atoms with Gasteiger partial charge in [-0.3, -0.25) is 4.79 Å². The highest BCUT2D eigenvalue weighted by atomic mass is 79.9. The number of nitriles is 1. The summed E-state index contributed by atoms with van der Waals surface area (Å²) in [5.74, 6) is -0.260. The number of benzene rings is 2. The van der Waals surface area contributed by atoms with Crippen molar-refractivity contribution in [1.29, 1.82) is 5.26 Å². The molecule has 0 saturated carbocycles. The lowest BCUT2D eigenvalue weighted by Gasteiger charge is -2.09. The summed E-state index contributed by atoms with van der Waals surface area (Å²) in [5.41, 5.74) is 1.57. The van der Waals surface area contributed by atoms with E-state index < -0.39 is 0 Å². The molecule has 0 heterocycles. The summed E-state index contributed by atoms with van der Waals surface area (Å²) in [6, 6.07) is 14.1. The first-order chi connectivity index (χ1) is 9.11. The zero-order valence-electron chi connectivity index (χ0n) is 9.65. The van der Waals surface area contributed by atoms with Crippen LogP contribution in [-0.2, 0) is 0 Å². The van der Waals surface area contributed by atoms with Crippen molar-refractivity contribution in [3.8, 4) is 6.07 Å². The van der Waals surface area contributed by atoms with Crippen molar-refractivity contribution in [3.05, 3.63) is 62.5 Å². The second-order valence-electron chi connectivity index (χ2n) is 3.74. The number of anilines is 1. The zero-order valence-corrected chi connectivity index (χ0v) is 12.8. The first-order valence-electron chi connectivity index (χ1n) is 5.37. The lowest BCUT2D eigenvalue weighted by molar-refractivity contribution is 0.102. The SMILES string of the molecule is N#Cc1cccc(C(=O)Nc2c(Br)cccc2Br)c1. The first kappa shape index (κ1) is 13.8. The van der Waals surface area contributed by atoms with E-state index >= 15 is 0 Å². The molecule has 0 aliphatic heterocycles. The summed E-state index contributed by atoms with van der Waals surface area (Å²) in [6.45, 7) is 0. The largest absolute Gasteiger partial charge is 0.320 e. The number of para-hydroxylation sites is 1. The van der Waals surface area contributed by atoms with Crippen molar-refractivity contribution in [2.45, 2.75) is 0 Å². The Labute approximate surface area is 127 Å². The Balaban J connectivity index is 2.29. The highest BCUT2D eigenvalue weighted by molar-refractivity contribution is 9.11. The van der Waals surface area contributed by atoms with Crippen molar-refractivity contribution in [2.75, 3.05) is 5.32 Å². The number of carbonyl (C=O) groups is 1. The Morgan fingerprint density at radius 1 is 1.11 bits per heavy atom. The number of nitrogens with zero attached hydrogens (tertiary/aromatic N) is 1. The highest BCUT2D eigenvalue weighted by Crippen LogP contribution is 2.30. The van der Waals surface area contributed by atoms with Crippen molar-refractivity contribution in [1.82, 2.24) is 0 Å². The van der Waals surface area contributed by atoms with E-state index in [1.807, 2.05) is 24.3 Å². The molecule has 0 spiro atoms. The van der Waals surface area contributed by atoms with E-state index in [2.05, 4.69) is 37.2 Å². The topological polar surface area (TPSA) is 52.9 Å². The average molecular weight is 380 g/mol. The molecule has 2 rings (SSSR count). The molecule has 2 aromatic rings. The van der Waals surface area contributed by atoms with E-state index in [0.29, 0.717) is 16.8 Å². The molecule has 0 unspecified atom stereocenters. The van der Waals surface area contributed by atoms with Gasteiger partial charge in [0, 0.05) is 14.5 Å². The molecule has 0 aliphatic carbocycles. The number of amides is 1. The van der Waals surface area contributed by atoms with Crippen LogP contribution >= 0.6 is 31.9 Å². The van der Waals surface area contributed by atoms with Crippen LogP contribution in [0.5, 0.6) is 0 Å². The third-order valence-electron chi connectivity index (χ3n) is 2.46. The van der Waals surface area contributed by atoms with Crippen LogP contribution in [-0.4, -0.2) is 5.91 Å². The highest BCUT2D eigenvalue weighted by Gasteiger charge is 2.11. The monoisotopic (exact) mass is 378 g/mol. The van der Waals surface area contributed by atoms with Crippen molar-refractivity contribution in [3.63, 3.8) is 0 Å². The Hall–Kier alpha value is -1.64. The average Bonchev–Trinajstić information content (AvgIpc) is 2.43. The number of halogens is 2. The lowest BCUT2D eigenvalue weighted by Crippen LogP contribution is -2.12. The number of rotatable bonds is 2. The van der Waals surface area contributed by atoms with E-state index in [0.717, 1.165) is 8.95 Å². The normalized spacial score (nSPS) is 9.74. The van der Waals surface area contributed by atoms with Gasteiger partial charge < -0.3 is 5.32 Å². The molecule has 1 N–H and O–H groups in total. The predicted octanol–water partition coefficient (Wildman–Crippen LogP) is 4.34. The van der Waals surface area contributed by atoms with Gasteiger partial charge in [-0.2, -0.15) is 5.26 Å². The molecule has 19 heavy (non-hydrogen) atoms. The summed E-state index contributed by atoms with van der Waals surface area (Å²) in [7, 11) is 0. The van der Waals surface area contributed by atoms with Gasteiger partial charge in [-0.1, -0.05) is 12.1 Å². The molecule has 0 fully saturated rings. The Morgan fingerprint density at radius 3 is 2.37 bits per heavy atom. The van der Waals surface area contributed by atoms with Crippen LogP contribution in [0.3, 0.4) is 0 Å². The fourth-order valence-electron chi connectivity index (χ4n) is 1.53. The minimum Gasteiger partial charge on any atom is -0.320 e. The minimum atomic E-state index is -0.260. The summed E-state index contributed by atoms with van der Waals surface area (Å²) < 4.78 is 1.57. The molecule has 2 aromatic carbocycles. The molecule has 5 heteroatoms. The van der Waals surface area contributed by atoms with Gasteiger partial charge in [-0.05, 0) is 62.2 Å². The van der Waals surface area contributed by atoms with Crippen molar-refractivity contribution < 1.29 is 4.79 Å². The maximum Gasteiger partial charge on any atom is 0.255 e. The number of hydrogen-bond acceptors (Lipinski definition) is 2. The van der Waals surface area contributed by atoms with Gasteiger partial charge in [0.2, 0.25) is 0 Å². The van der Waals surface area contributed by atoms with E-state index in [4.69, 9.17) is 5.26 Å². The molecule has 1 amide bonds. The summed E-state index contributed by atoms with van der Waals surface area (Å²) in [5, 5.41) is 11.6. The molecule has 0 radical (unpaired) electrons. The first-order valence-corrected chi connectivity index (χ1v) is 6.96. The van der Waals surface area contributed by atoms with Gasteiger partial charge in [0.05, 0.1) is 17.3 Å². The van der Waals surface area contributed by atoms with Gasteiger partial charge in [0.1, 0.15) is 0 Å². The number of hydrogen-bond donors (Lipinski definition) is 1. The number of carbonyl (C=O) groups excluding carboxylic acids is 1. The van der Waals surface area contributed by atoms with Crippen LogP contribution in [0.2, 0.25) is 0 Å². The van der Waals surface area contributed by atoms with Crippen LogP contribution < -0.4 is 5.32 Å². The van der Waals surface area contributed by atoms with Crippen molar-refractivity contribution >= 4 is 43.5 Å². The third-order valence-corrected chi connectivity index (χ3v) is 3.78. The Morgan fingerprint density at radius 2 is 1.74 bits per heavy atom. The molecule has 0 bridgehead atoms. The van der Waals surface area contributed by atoms with Crippen LogP contribution in [0.15, 0.2) is 51.4 Å². The van der Waals surface area contributed by atoms with Gasteiger partial charge >= 0.3 is 0 Å².